The molecule has 0 bridgehead atoms. The van der Waals surface area contributed by atoms with E-state index >= 15 is 0 Å². The summed E-state index contributed by atoms with van der Waals surface area (Å²) in [4.78, 5) is 40.1. The zero-order valence-corrected chi connectivity index (χ0v) is 16.8. The topological polar surface area (TPSA) is 81.8 Å². The van der Waals surface area contributed by atoms with Crippen molar-refractivity contribution in [2.24, 2.45) is 0 Å². The highest BCUT2D eigenvalue weighted by molar-refractivity contribution is 5.88. The maximum Gasteiger partial charge on any atom is 0.237 e. The van der Waals surface area contributed by atoms with Crippen LogP contribution in [-0.2, 0) is 14.4 Å². The first-order valence-corrected chi connectivity index (χ1v) is 10.4. The number of likely N-dealkylation sites (tertiary alicyclic amines) is 1. The standard InChI is InChI=1S/C22H30N4O3/c27-20(23-11-6-15-26-14-5-10-21(26)28)17-19-22(29)24-12-16-25(19)13-4-9-18-7-2-1-3-8-18/h1-4,7-9,19H,5-6,10-17H2,(H,23,27)(H,24,29). The molecule has 2 heterocycles. The van der Waals surface area contributed by atoms with Gasteiger partial charge < -0.3 is 15.5 Å². The minimum atomic E-state index is -0.454. The van der Waals surface area contributed by atoms with Crippen molar-refractivity contribution in [1.29, 1.82) is 0 Å². The zero-order chi connectivity index (χ0) is 20.5. The van der Waals surface area contributed by atoms with Crippen molar-refractivity contribution < 1.29 is 14.4 Å². The summed E-state index contributed by atoms with van der Waals surface area (Å²) in [5.41, 5.74) is 1.11. The number of nitrogens with one attached hydrogen (secondary N) is 2. The molecule has 2 fully saturated rings. The Bertz CT molecular complexity index is 735. The Morgan fingerprint density at radius 1 is 1.21 bits per heavy atom. The Morgan fingerprint density at radius 2 is 2.03 bits per heavy atom. The molecule has 1 atom stereocenters. The summed E-state index contributed by atoms with van der Waals surface area (Å²) in [7, 11) is 0. The largest absolute Gasteiger partial charge is 0.356 e. The molecule has 1 aromatic rings. The SMILES string of the molecule is O=C(CC1C(=O)NCCN1CC=Cc1ccccc1)NCCCN1CCCC1=O. The molecule has 2 N–H and O–H groups in total. The molecule has 7 heteroatoms. The molecule has 0 spiro atoms. The van der Waals surface area contributed by atoms with Crippen LogP contribution in [0, 0.1) is 0 Å². The summed E-state index contributed by atoms with van der Waals surface area (Å²) in [5.74, 6) is -0.0200. The van der Waals surface area contributed by atoms with Crippen LogP contribution in [0.25, 0.3) is 6.08 Å². The third-order valence-corrected chi connectivity index (χ3v) is 5.37. The second kappa shape index (κ2) is 10.8. The Labute approximate surface area is 172 Å². The molecule has 2 aliphatic heterocycles. The van der Waals surface area contributed by atoms with E-state index in [1.165, 1.54) is 0 Å². The van der Waals surface area contributed by atoms with Crippen molar-refractivity contribution in [2.75, 3.05) is 39.3 Å². The number of rotatable bonds is 9. The Morgan fingerprint density at radius 3 is 2.79 bits per heavy atom. The summed E-state index contributed by atoms with van der Waals surface area (Å²) >= 11 is 0. The maximum absolute atomic E-state index is 12.3. The van der Waals surface area contributed by atoms with Crippen molar-refractivity contribution in [1.82, 2.24) is 20.4 Å². The molecular weight excluding hydrogens is 368 g/mol. The molecule has 0 aromatic heterocycles. The lowest BCUT2D eigenvalue weighted by atomic mass is 10.1. The van der Waals surface area contributed by atoms with Crippen LogP contribution in [0.2, 0.25) is 0 Å². The molecule has 2 saturated heterocycles. The molecule has 3 rings (SSSR count). The second-order valence-electron chi connectivity index (χ2n) is 7.51. The van der Waals surface area contributed by atoms with E-state index in [9.17, 15) is 14.4 Å². The maximum atomic E-state index is 12.3. The third-order valence-electron chi connectivity index (χ3n) is 5.37. The average Bonchev–Trinajstić information content (AvgIpc) is 3.13. The number of carbonyl (C=O) groups is 3. The van der Waals surface area contributed by atoms with E-state index in [1.54, 1.807) is 0 Å². The third kappa shape index (κ3) is 6.42. The van der Waals surface area contributed by atoms with Gasteiger partial charge in [0.2, 0.25) is 17.7 Å². The van der Waals surface area contributed by atoms with Gasteiger partial charge >= 0.3 is 0 Å². The van der Waals surface area contributed by atoms with E-state index in [4.69, 9.17) is 0 Å². The van der Waals surface area contributed by atoms with Gasteiger partial charge in [0.15, 0.2) is 0 Å². The van der Waals surface area contributed by atoms with E-state index in [-0.39, 0.29) is 24.1 Å². The van der Waals surface area contributed by atoms with Gasteiger partial charge in [0.1, 0.15) is 0 Å². The van der Waals surface area contributed by atoms with Crippen molar-refractivity contribution in [3.8, 4) is 0 Å². The highest BCUT2D eigenvalue weighted by Gasteiger charge is 2.30. The molecular formula is C22H30N4O3. The van der Waals surface area contributed by atoms with Crippen molar-refractivity contribution in [3.63, 3.8) is 0 Å². The zero-order valence-electron chi connectivity index (χ0n) is 16.8. The fourth-order valence-corrected chi connectivity index (χ4v) is 3.78. The molecule has 2 aliphatic rings. The fourth-order valence-electron chi connectivity index (χ4n) is 3.78. The fraction of sp³-hybridized carbons (Fsp3) is 0.500. The monoisotopic (exact) mass is 398 g/mol. The number of piperazine rings is 1. The van der Waals surface area contributed by atoms with E-state index in [0.29, 0.717) is 32.6 Å². The smallest absolute Gasteiger partial charge is 0.237 e. The Hall–Kier alpha value is -2.67. The lowest BCUT2D eigenvalue weighted by Crippen LogP contribution is -2.56. The number of benzene rings is 1. The molecule has 7 nitrogen and oxygen atoms in total. The van der Waals surface area contributed by atoms with Gasteiger partial charge in [-0.15, -0.1) is 0 Å². The molecule has 156 valence electrons. The van der Waals surface area contributed by atoms with Crippen LogP contribution in [0.4, 0.5) is 0 Å². The Balaban J connectivity index is 1.43. The quantitative estimate of drug-likeness (QED) is 0.609. The van der Waals surface area contributed by atoms with E-state index in [2.05, 4.69) is 10.6 Å². The van der Waals surface area contributed by atoms with Gasteiger partial charge in [-0.05, 0) is 18.4 Å². The summed E-state index contributed by atoms with van der Waals surface area (Å²) in [6.45, 7) is 3.96. The molecule has 1 unspecified atom stereocenters. The first-order chi connectivity index (χ1) is 14.1. The van der Waals surface area contributed by atoms with Crippen LogP contribution in [0.3, 0.4) is 0 Å². The number of hydrogen-bond donors (Lipinski definition) is 2. The first-order valence-electron chi connectivity index (χ1n) is 10.4. The van der Waals surface area contributed by atoms with E-state index in [0.717, 1.165) is 31.5 Å². The minimum Gasteiger partial charge on any atom is -0.356 e. The van der Waals surface area contributed by atoms with Crippen molar-refractivity contribution >= 4 is 23.8 Å². The Kier molecular flexibility index (Phi) is 7.81. The van der Waals surface area contributed by atoms with Gasteiger partial charge in [-0.1, -0.05) is 42.5 Å². The summed E-state index contributed by atoms with van der Waals surface area (Å²) in [5, 5.41) is 5.75. The van der Waals surface area contributed by atoms with Crippen LogP contribution in [0.15, 0.2) is 36.4 Å². The minimum absolute atomic E-state index is 0.0952. The molecule has 29 heavy (non-hydrogen) atoms. The highest BCUT2D eigenvalue weighted by atomic mass is 16.2. The van der Waals surface area contributed by atoms with Crippen molar-refractivity contribution in [2.45, 2.75) is 31.7 Å². The van der Waals surface area contributed by atoms with Crippen molar-refractivity contribution in [3.05, 3.63) is 42.0 Å². The van der Waals surface area contributed by atoms with Crippen LogP contribution >= 0.6 is 0 Å². The molecule has 3 amide bonds. The highest BCUT2D eigenvalue weighted by Crippen LogP contribution is 2.11. The van der Waals surface area contributed by atoms with Gasteiger partial charge in [-0.3, -0.25) is 19.3 Å². The van der Waals surface area contributed by atoms with Gasteiger partial charge in [0, 0.05) is 45.7 Å². The molecule has 1 aromatic carbocycles. The second-order valence-corrected chi connectivity index (χ2v) is 7.51. The van der Waals surface area contributed by atoms with E-state index < -0.39 is 6.04 Å². The molecule has 0 radical (unpaired) electrons. The molecule has 0 aliphatic carbocycles. The van der Waals surface area contributed by atoms with E-state index in [1.807, 2.05) is 52.3 Å². The summed E-state index contributed by atoms with van der Waals surface area (Å²) in [6.07, 6.45) is 6.51. The van der Waals surface area contributed by atoms with Gasteiger partial charge in [-0.2, -0.15) is 0 Å². The van der Waals surface area contributed by atoms with Crippen LogP contribution < -0.4 is 10.6 Å². The van der Waals surface area contributed by atoms with Crippen LogP contribution in [-0.4, -0.2) is 72.8 Å². The predicted molar refractivity (Wildman–Crippen MR) is 112 cm³/mol. The van der Waals surface area contributed by atoms with Gasteiger partial charge in [0.25, 0.3) is 0 Å². The first kappa shape index (κ1) is 21.0. The molecule has 0 saturated carbocycles. The van der Waals surface area contributed by atoms with Crippen LogP contribution in [0.1, 0.15) is 31.2 Å². The normalized spacial score (nSPS) is 20.3. The van der Waals surface area contributed by atoms with Gasteiger partial charge in [0.05, 0.1) is 12.5 Å². The summed E-state index contributed by atoms with van der Waals surface area (Å²) in [6, 6.07) is 9.55. The number of hydrogen-bond acceptors (Lipinski definition) is 4. The number of amides is 3. The lowest BCUT2D eigenvalue weighted by Gasteiger charge is -2.33. The number of nitrogens with zero attached hydrogens (tertiary/aromatic N) is 2. The number of carbonyl (C=O) groups excluding carboxylic acids is 3. The van der Waals surface area contributed by atoms with Gasteiger partial charge in [-0.25, -0.2) is 0 Å². The average molecular weight is 399 g/mol. The lowest BCUT2D eigenvalue weighted by molar-refractivity contribution is -0.133. The summed E-state index contributed by atoms with van der Waals surface area (Å²) < 4.78 is 0. The predicted octanol–water partition coefficient (Wildman–Crippen LogP) is 1.02. The van der Waals surface area contributed by atoms with Crippen LogP contribution in [0.5, 0.6) is 0 Å².